The van der Waals surface area contributed by atoms with Gasteiger partial charge in [-0.3, -0.25) is 9.78 Å². The zero-order valence-electron chi connectivity index (χ0n) is 26.9. The van der Waals surface area contributed by atoms with Gasteiger partial charge in [0.1, 0.15) is 0 Å². The highest BCUT2D eigenvalue weighted by atomic mass is 16.2. The lowest BCUT2D eigenvalue weighted by atomic mass is 9.76. The van der Waals surface area contributed by atoms with E-state index in [4.69, 9.17) is 0 Å². The molecule has 5 nitrogen and oxygen atoms in total. The first kappa shape index (κ1) is 29.6. The van der Waals surface area contributed by atoms with Crippen LogP contribution in [0.3, 0.4) is 0 Å². The van der Waals surface area contributed by atoms with Crippen LogP contribution in [-0.4, -0.2) is 46.5 Å². The summed E-state index contributed by atoms with van der Waals surface area (Å²) >= 11 is 0. The SMILES string of the molecule is Cc1cc(C)cc(-c2[nH]c3ccc(C(C)(C)C(=O)N4CC5CCC4CC5)cc3c2[C@H](C)CNCCc2ccncc2C)c1. The van der Waals surface area contributed by atoms with Gasteiger partial charge in [0.15, 0.2) is 0 Å². The maximum atomic E-state index is 14.1. The summed E-state index contributed by atoms with van der Waals surface area (Å²) in [5, 5.41) is 4.97. The molecule has 3 fully saturated rings. The monoisotopic (exact) mass is 576 g/mol. The summed E-state index contributed by atoms with van der Waals surface area (Å²) in [5.41, 5.74) is 10.5. The molecule has 1 saturated carbocycles. The first-order valence-electron chi connectivity index (χ1n) is 16.3. The van der Waals surface area contributed by atoms with Gasteiger partial charge in [-0.1, -0.05) is 30.2 Å². The summed E-state index contributed by atoms with van der Waals surface area (Å²) in [6.07, 6.45) is 9.70. The summed E-state index contributed by atoms with van der Waals surface area (Å²) in [5.74, 6) is 1.24. The number of aromatic nitrogens is 2. The molecule has 5 heteroatoms. The third-order valence-corrected chi connectivity index (χ3v) is 10.2. The smallest absolute Gasteiger partial charge is 0.232 e. The van der Waals surface area contributed by atoms with Crippen molar-refractivity contribution in [2.75, 3.05) is 19.6 Å². The summed E-state index contributed by atoms with van der Waals surface area (Å²) < 4.78 is 0. The van der Waals surface area contributed by atoms with Gasteiger partial charge < -0.3 is 15.2 Å². The van der Waals surface area contributed by atoms with E-state index in [1.807, 2.05) is 12.4 Å². The molecule has 1 atom stereocenters. The predicted octanol–water partition coefficient (Wildman–Crippen LogP) is 7.77. The molecule has 3 aliphatic rings. The van der Waals surface area contributed by atoms with Crippen LogP contribution in [0.5, 0.6) is 0 Å². The summed E-state index contributed by atoms with van der Waals surface area (Å²) in [4.78, 5) is 24.3. The van der Waals surface area contributed by atoms with E-state index in [2.05, 4.69) is 104 Å². The van der Waals surface area contributed by atoms with Crippen LogP contribution in [-0.2, 0) is 16.6 Å². The molecule has 43 heavy (non-hydrogen) atoms. The lowest BCUT2D eigenvalue weighted by Gasteiger charge is -2.47. The van der Waals surface area contributed by atoms with E-state index in [1.165, 1.54) is 57.3 Å². The van der Waals surface area contributed by atoms with E-state index in [0.717, 1.165) is 50.0 Å². The van der Waals surface area contributed by atoms with Crippen molar-refractivity contribution < 1.29 is 4.79 Å². The topological polar surface area (TPSA) is 61.0 Å². The fraction of sp³-hybridized carbons (Fsp3) is 0.474. The van der Waals surface area contributed by atoms with Gasteiger partial charge in [-0.15, -0.1) is 0 Å². The number of benzene rings is 2. The molecule has 0 unspecified atom stereocenters. The van der Waals surface area contributed by atoms with Gasteiger partial charge in [-0.25, -0.2) is 0 Å². The Morgan fingerprint density at radius 1 is 1.05 bits per heavy atom. The molecule has 0 radical (unpaired) electrons. The van der Waals surface area contributed by atoms with Crippen molar-refractivity contribution in [2.24, 2.45) is 5.92 Å². The molecule has 2 bridgehead atoms. The number of H-pyrrole nitrogens is 1. The van der Waals surface area contributed by atoms with Crippen LogP contribution in [0.25, 0.3) is 22.2 Å². The highest BCUT2D eigenvalue weighted by Crippen LogP contribution is 2.41. The lowest BCUT2D eigenvalue weighted by Crippen LogP contribution is -2.55. The number of aryl methyl sites for hydroxylation is 3. The van der Waals surface area contributed by atoms with Crippen molar-refractivity contribution in [3.63, 3.8) is 0 Å². The Bertz CT molecular complexity index is 1600. The number of pyridine rings is 1. The zero-order valence-corrected chi connectivity index (χ0v) is 26.9. The standard InChI is InChI=1S/C38H48N4O/c1-24-17-25(2)19-30(18-24)36-35(27(4)22-40-16-14-29-13-15-39-21-26(29)3)33-20-31(9-12-34(33)41-36)38(5,6)37(43)42-23-28-7-10-32(42)11-8-28/h9,12-13,15,17-21,27-28,32,40-41H,7-8,10-11,14,16,22-23H2,1-6H3/t27-,28?,32?/m1/s1. The Morgan fingerprint density at radius 2 is 1.79 bits per heavy atom. The second kappa shape index (κ2) is 11.9. The van der Waals surface area contributed by atoms with Crippen LogP contribution >= 0.6 is 0 Å². The first-order valence-corrected chi connectivity index (χ1v) is 16.3. The van der Waals surface area contributed by atoms with Gasteiger partial charge in [0.25, 0.3) is 0 Å². The number of rotatable bonds is 9. The van der Waals surface area contributed by atoms with Crippen molar-refractivity contribution in [3.8, 4) is 11.3 Å². The second-order valence-electron chi connectivity index (χ2n) is 14.0. The number of aromatic amines is 1. The number of nitrogens with one attached hydrogen (secondary N) is 2. The summed E-state index contributed by atoms with van der Waals surface area (Å²) in [6, 6.07) is 16.0. The quantitative estimate of drug-likeness (QED) is 0.200. The molecule has 0 spiro atoms. The average molecular weight is 577 g/mol. The normalized spacial score (nSPS) is 19.3. The summed E-state index contributed by atoms with van der Waals surface area (Å²) in [7, 11) is 0. The van der Waals surface area contributed by atoms with Crippen LogP contribution < -0.4 is 5.32 Å². The molecule has 2 aromatic heterocycles. The van der Waals surface area contributed by atoms with Crippen LogP contribution in [0.1, 0.15) is 85.8 Å². The lowest BCUT2D eigenvalue weighted by molar-refractivity contribution is -0.144. The molecule has 1 aliphatic carbocycles. The Morgan fingerprint density at radius 3 is 2.47 bits per heavy atom. The fourth-order valence-corrected chi connectivity index (χ4v) is 7.68. The molecule has 2 N–H and O–H groups in total. The molecule has 2 saturated heterocycles. The Labute approximate surface area is 257 Å². The van der Waals surface area contributed by atoms with Gasteiger partial charge >= 0.3 is 0 Å². The average Bonchev–Trinajstić information content (AvgIpc) is 3.39. The van der Waals surface area contributed by atoms with Gasteiger partial charge in [0.2, 0.25) is 5.91 Å². The molecule has 7 rings (SSSR count). The van der Waals surface area contributed by atoms with E-state index in [-0.39, 0.29) is 11.8 Å². The minimum atomic E-state index is -0.579. The van der Waals surface area contributed by atoms with Crippen molar-refractivity contribution in [1.82, 2.24) is 20.2 Å². The van der Waals surface area contributed by atoms with Crippen LogP contribution in [0.2, 0.25) is 0 Å². The van der Waals surface area contributed by atoms with Gasteiger partial charge in [0, 0.05) is 42.4 Å². The predicted molar refractivity (Wildman–Crippen MR) is 178 cm³/mol. The number of nitrogens with zero attached hydrogens (tertiary/aromatic N) is 2. The summed E-state index contributed by atoms with van der Waals surface area (Å²) in [6.45, 7) is 15.8. The second-order valence-corrected chi connectivity index (χ2v) is 14.0. The molecule has 2 aliphatic heterocycles. The molecule has 226 valence electrons. The molecular weight excluding hydrogens is 528 g/mol. The Hall–Kier alpha value is -3.44. The number of amides is 1. The highest BCUT2D eigenvalue weighted by molar-refractivity contribution is 5.94. The maximum absolute atomic E-state index is 14.1. The van der Waals surface area contributed by atoms with E-state index < -0.39 is 5.41 Å². The van der Waals surface area contributed by atoms with Crippen molar-refractivity contribution in [1.29, 1.82) is 0 Å². The third-order valence-electron chi connectivity index (χ3n) is 10.2. The number of carbonyl (C=O) groups is 1. The van der Waals surface area contributed by atoms with Gasteiger partial charge in [-0.05, 0) is 143 Å². The minimum Gasteiger partial charge on any atom is -0.354 e. The molecule has 2 aromatic carbocycles. The Kier molecular flexibility index (Phi) is 8.21. The van der Waals surface area contributed by atoms with Crippen LogP contribution in [0.4, 0.5) is 0 Å². The molecule has 1 amide bonds. The largest absolute Gasteiger partial charge is 0.354 e. The fourth-order valence-electron chi connectivity index (χ4n) is 7.68. The van der Waals surface area contributed by atoms with E-state index in [1.54, 1.807) is 0 Å². The van der Waals surface area contributed by atoms with E-state index >= 15 is 0 Å². The van der Waals surface area contributed by atoms with Crippen molar-refractivity contribution in [2.45, 2.75) is 91.0 Å². The van der Waals surface area contributed by atoms with E-state index in [9.17, 15) is 4.79 Å². The third kappa shape index (κ3) is 5.89. The maximum Gasteiger partial charge on any atom is 0.232 e. The molecule has 4 heterocycles. The van der Waals surface area contributed by atoms with Gasteiger partial charge in [-0.2, -0.15) is 0 Å². The van der Waals surface area contributed by atoms with Crippen molar-refractivity contribution in [3.05, 3.63) is 88.2 Å². The Balaban J connectivity index is 1.32. The highest BCUT2D eigenvalue weighted by Gasteiger charge is 2.42. The number of hydrogen-bond acceptors (Lipinski definition) is 3. The molecular formula is C38H48N4O. The van der Waals surface area contributed by atoms with Crippen molar-refractivity contribution >= 4 is 16.8 Å². The minimum absolute atomic E-state index is 0.273. The number of piperidine rings is 2. The molecule has 4 aromatic rings. The van der Waals surface area contributed by atoms with E-state index in [0.29, 0.717) is 12.0 Å². The number of hydrogen-bond donors (Lipinski definition) is 2. The van der Waals surface area contributed by atoms with Gasteiger partial charge in [0.05, 0.1) is 11.1 Å². The first-order chi connectivity index (χ1) is 20.6. The van der Waals surface area contributed by atoms with Crippen LogP contribution in [0, 0.1) is 26.7 Å². The van der Waals surface area contributed by atoms with Crippen LogP contribution in [0.15, 0.2) is 54.9 Å². The number of fused-ring (bicyclic) bond motifs is 4. The number of carbonyl (C=O) groups excluding carboxylic acids is 1. The zero-order chi connectivity index (χ0) is 30.3.